The van der Waals surface area contributed by atoms with Crippen molar-refractivity contribution < 1.29 is 0 Å². The van der Waals surface area contributed by atoms with E-state index in [2.05, 4.69) is 67.6 Å². The van der Waals surface area contributed by atoms with Crippen molar-refractivity contribution in [2.75, 3.05) is 5.75 Å². The van der Waals surface area contributed by atoms with Gasteiger partial charge in [0.15, 0.2) is 0 Å². The largest absolute Gasteiger partial charge is 0.327 e. The summed E-state index contributed by atoms with van der Waals surface area (Å²) >= 11 is 10.5. The summed E-state index contributed by atoms with van der Waals surface area (Å²) in [4.78, 5) is 2.60. The highest BCUT2D eigenvalue weighted by Gasteiger charge is 2.09. The van der Waals surface area contributed by atoms with E-state index in [0.717, 1.165) is 16.6 Å². The second-order valence-corrected chi connectivity index (χ2v) is 7.78. The first-order valence-electron chi connectivity index (χ1n) is 5.51. The summed E-state index contributed by atoms with van der Waals surface area (Å²) in [5.41, 5.74) is 6.17. The molecule has 1 heterocycles. The maximum Gasteiger partial charge on any atom is 0.0314 e. The average Bonchev–Trinajstić information content (AvgIpc) is 2.74. The van der Waals surface area contributed by atoms with Gasteiger partial charge in [-0.1, -0.05) is 15.9 Å². The molecule has 0 saturated carbocycles. The van der Waals surface area contributed by atoms with E-state index < -0.39 is 0 Å². The molecule has 96 valence electrons. The van der Waals surface area contributed by atoms with Crippen molar-refractivity contribution in [2.45, 2.75) is 17.4 Å². The Morgan fingerprint density at radius 1 is 1.17 bits per heavy atom. The lowest BCUT2D eigenvalue weighted by atomic mass is 10.2. The SMILES string of the molecule is NC(CSc1ccc(Br)cc1)Cc1sccc1Br. The first-order chi connectivity index (χ1) is 8.65. The van der Waals surface area contributed by atoms with E-state index in [-0.39, 0.29) is 6.04 Å². The Bertz CT molecular complexity index is 496. The standard InChI is InChI=1S/C13H13Br2NS2/c14-9-1-3-11(4-2-9)18-8-10(16)7-13-12(15)5-6-17-13/h1-6,10H,7-8,16H2. The number of halogens is 2. The Morgan fingerprint density at radius 3 is 2.50 bits per heavy atom. The number of thiophene rings is 1. The number of benzene rings is 1. The molecule has 0 spiro atoms. The third-order valence-electron chi connectivity index (χ3n) is 2.42. The zero-order chi connectivity index (χ0) is 13.0. The van der Waals surface area contributed by atoms with Crippen LogP contribution in [0.3, 0.4) is 0 Å². The van der Waals surface area contributed by atoms with E-state index in [1.165, 1.54) is 14.2 Å². The Labute approximate surface area is 132 Å². The molecule has 0 radical (unpaired) electrons. The molecule has 2 aromatic rings. The third-order valence-corrected chi connectivity index (χ3v) is 6.09. The number of nitrogens with two attached hydrogens (primary N) is 1. The second kappa shape index (κ2) is 7.10. The average molecular weight is 407 g/mol. The fraction of sp³-hybridized carbons (Fsp3) is 0.231. The number of hydrogen-bond acceptors (Lipinski definition) is 3. The van der Waals surface area contributed by atoms with Crippen molar-refractivity contribution in [3.05, 3.63) is 49.5 Å². The molecule has 5 heteroatoms. The van der Waals surface area contributed by atoms with Gasteiger partial charge in [-0.05, 0) is 58.1 Å². The fourth-order valence-corrected chi connectivity index (χ4v) is 4.23. The molecular weight excluding hydrogens is 394 g/mol. The number of hydrogen-bond donors (Lipinski definition) is 1. The van der Waals surface area contributed by atoms with Crippen LogP contribution in [0.2, 0.25) is 0 Å². The predicted molar refractivity (Wildman–Crippen MR) is 88.6 cm³/mol. The lowest BCUT2D eigenvalue weighted by Crippen LogP contribution is -2.25. The van der Waals surface area contributed by atoms with E-state index >= 15 is 0 Å². The van der Waals surface area contributed by atoms with Crippen molar-refractivity contribution in [3.63, 3.8) is 0 Å². The zero-order valence-electron chi connectivity index (χ0n) is 9.61. The minimum atomic E-state index is 0.189. The van der Waals surface area contributed by atoms with Crippen molar-refractivity contribution >= 4 is 55.0 Å². The van der Waals surface area contributed by atoms with Gasteiger partial charge in [0.1, 0.15) is 0 Å². The van der Waals surface area contributed by atoms with Crippen molar-refractivity contribution in [1.29, 1.82) is 0 Å². The molecule has 0 aliphatic carbocycles. The third kappa shape index (κ3) is 4.38. The van der Waals surface area contributed by atoms with Gasteiger partial charge in [-0.15, -0.1) is 23.1 Å². The quantitative estimate of drug-likeness (QED) is 0.712. The van der Waals surface area contributed by atoms with Gasteiger partial charge in [-0.3, -0.25) is 0 Å². The molecule has 1 aromatic carbocycles. The van der Waals surface area contributed by atoms with E-state index in [9.17, 15) is 0 Å². The summed E-state index contributed by atoms with van der Waals surface area (Å²) in [7, 11) is 0. The van der Waals surface area contributed by atoms with Gasteiger partial charge in [0, 0.05) is 30.5 Å². The van der Waals surface area contributed by atoms with Crippen LogP contribution in [-0.4, -0.2) is 11.8 Å². The molecular formula is C13H13Br2NS2. The summed E-state index contributed by atoms with van der Waals surface area (Å²) in [5.74, 6) is 0.936. The summed E-state index contributed by atoms with van der Waals surface area (Å²) in [6.07, 6.45) is 0.932. The van der Waals surface area contributed by atoms with Crippen LogP contribution in [-0.2, 0) is 6.42 Å². The second-order valence-electron chi connectivity index (χ2n) is 3.92. The summed E-state index contributed by atoms with van der Waals surface area (Å²) in [6, 6.07) is 10.6. The van der Waals surface area contributed by atoms with E-state index in [0.29, 0.717) is 0 Å². The number of rotatable bonds is 5. The summed E-state index contributed by atoms with van der Waals surface area (Å²) in [5, 5.41) is 2.09. The molecule has 1 nitrogen and oxygen atoms in total. The van der Waals surface area contributed by atoms with Gasteiger partial charge in [0.25, 0.3) is 0 Å². The first kappa shape index (κ1) is 14.6. The van der Waals surface area contributed by atoms with Crippen molar-refractivity contribution in [2.24, 2.45) is 5.73 Å². The minimum Gasteiger partial charge on any atom is -0.327 e. The zero-order valence-corrected chi connectivity index (χ0v) is 14.4. The van der Waals surface area contributed by atoms with E-state index in [1.54, 1.807) is 11.3 Å². The Morgan fingerprint density at radius 2 is 1.89 bits per heavy atom. The van der Waals surface area contributed by atoms with Gasteiger partial charge in [-0.25, -0.2) is 0 Å². The molecule has 1 aromatic heterocycles. The highest BCUT2D eigenvalue weighted by Crippen LogP contribution is 2.26. The fourth-order valence-electron chi connectivity index (χ4n) is 1.50. The van der Waals surface area contributed by atoms with Crippen molar-refractivity contribution in [3.8, 4) is 0 Å². The lowest BCUT2D eigenvalue weighted by molar-refractivity contribution is 0.756. The van der Waals surface area contributed by atoms with Crippen molar-refractivity contribution in [1.82, 2.24) is 0 Å². The molecule has 0 bridgehead atoms. The van der Waals surface area contributed by atoms with Gasteiger partial charge in [-0.2, -0.15) is 0 Å². The lowest BCUT2D eigenvalue weighted by Gasteiger charge is -2.10. The van der Waals surface area contributed by atoms with Gasteiger partial charge < -0.3 is 5.73 Å². The monoisotopic (exact) mass is 405 g/mol. The van der Waals surface area contributed by atoms with Crippen LogP contribution in [0.1, 0.15) is 4.88 Å². The highest BCUT2D eigenvalue weighted by atomic mass is 79.9. The normalized spacial score (nSPS) is 12.6. The maximum atomic E-state index is 6.17. The van der Waals surface area contributed by atoms with Gasteiger partial charge in [0.2, 0.25) is 0 Å². The first-order valence-corrected chi connectivity index (χ1v) is 8.96. The Hall–Kier alpha value is 0.190. The predicted octanol–water partition coefficient (Wildman–Crippen LogP) is 4.94. The molecule has 0 aliphatic rings. The highest BCUT2D eigenvalue weighted by molar-refractivity contribution is 9.10. The van der Waals surface area contributed by atoms with Crippen LogP contribution in [0.5, 0.6) is 0 Å². The molecule has 0 fully saturated rings. The Kier molecular flexibility index (Phi) is 5.76. The topological polar surface area (TPSA) is 26.0 Å². The smallest absolute Gasteiger partial charge is 0.0314 e. The van der Waals surface area contributed by atoms with Crippen LogP contribution < -0.4 is 5.73 Å². The van der Waals surface area contributed by atoms with Crippen LogP contribution in [0.25, 0.3) is 0 Å². The van der Waals surface area contributed by atoms with Crippen LogP contribution in [0.4, 0.5) is 0 Å². The van der Waals surface area contributed by atoms with Gasteiger partial charge >= 0.3 is 0 Å². The van der Waals surface area contributed by atoms with Crippen LogP contribution >= 0.6 is 55.0 Å². The molecule has 0 saturated heterocycles. The van der Waals surface area contributed by atoms with Crippen LogP contribution in [0, 0.1) is 0 Å². The molecule has 1 unspecified atom stereocenters. The van der Waals surface area contributed by atoms with E-state index in [1.807, 2.05) is 11.8 Å². The minimum absolute atomic E-state index is 0.189. The molecule has 2 rings (SSSR count). The number of thioether (sulfide) groups is 1. The molecule has 2 N–H and O–H groups in total. The Balaban J connectivity index is 1.83. The molecule has 0 amide bonds. The molecule has 1 atom stereocenters. The van der Waals surface area contributed by atoms with E-state index in [4.69, 9.17) is 5.73 Å². The maximum absolute atomic E-state index is 6.17. The molecule has 18 heavy (non-hydrogen) atoms. The van der Waals surface area contributed by atoms with Gasteiger partial charge in [0.05, 0.1) is 0 Å². The van der Waals surface area contributed by atoms with Crippen LogP contribution in [0.15, 0.2) is 49.6 Å². The summed E-state index contributed by atoms with van der Waals surface area (Å²) < 4.78 is 2.29. The molecule has 0 aliphatic heterocycles. The summed E-state index contributed by atoms with van der Waals surface area (Å²) in [6.45, 7) is 0.